The molecular formula is C14H19FN2O. The van der Waals surface area contributed by atoms with Gasteiger partial charge in [-0.25, -0.2) is 4.39 Å². The number of hydrogen-bond donors (Lipinski definition) is 2. The van der Waals surface area contributed by atoms with E-state index in [-0.39, 0.29) is 17.8 Å². The fourth-order valence-electron chi connectivity index (χ4n) is 2.20. The van der Waals surface area contributed by atoms with Gasteiger partial charge >= 0.3 is 0 Å². The van der Waals surface area contributed by atoms with E-state index >= 15 is 0 Å². The topological polar surface area (TPSA) is 41.1 Å². The van der Waals surface area contributed by atoms with Gasteiger partial charge in [-0.3, -0.25) is 4.79 Å². The molecule has 1 aromatic carbocycles. The second kappa shape index (κ2) is 5.96. The number of amides is 1. The van der Waals surface area contributed by atoms with Gasteiger partial charge in [0.2, 0.25) is 5.91 Å². The summed E-state index contributed by atoms with van der Waals surface area (Å²) >= 11 is 0. The fourth-order valence-corrected chi connectivity index (χ4v) is 2.20. The quantitative estimate of drug-likeness (QED) is 0.860. The number of carbonyl (C=O) groups excluding carboxylic acids is 1. The number of aryl methyl sites for hydroxylation is 1. The van der Waals surface area contributed by atoms with Crippen molar-refractivity contribution in [3.63, 3.8) is 0 Å². The van der Waals surface area contributed by atoms with Gasteiger partial charge < -0.3 is 10.6 Å². The Hall–Kier alpha value is -1.42. The summed E-state index contributed by atoms with van der Waals surface area (Å²) in [4.78, 5) is 11.7. The minimum absolute atomic E-state index is 0.0570. The summed E-state index contributed by atoms with van der Waals surface area (Å²) in [5, 5.41) is 6.10. The van der Waals surface area contributed by atoms with E-state index in [1.54, 1.807) is 6.07 Å². The van der Waals surface area contributed by atoms with Crippen LogP contribution in [-0.2, 0) is 11.3 Å². The van der Waals surface area contributed by atoms with Crippen molar-refractivity contribution in [1.82, 2.24) is 10.6 Å². The van der Waals surface area contributed by atoms with Crippen LogP contribution in [0.1, 0.15) is 30.4 Å². The van der Waals surface area contributed by atoms with Crippen molar-refractivity contribution in [2.45, 2.75) is 38.8 Å². The zero-order valence-corrected chi connectivity index (χ0v) is 10.6. The van der Waals surface area contributed by atoms with Crippen molar-refractivity contribution in [2.24, 2.45) is 0 Å². The molecule has 0 bridgehead atoms. The van der Waals surface area contributed by atoms with Crippen molar-refractivity contribution < 1.29 is 9.18 Å². The first-order valence-corrected chi connectivity index (χ1v) is 6.43. The second-order valence-electron chi connectivity index (χ2n) is 4.79. The lowest BCUT2D eigenvalue weighted by Gasteiger charge is -2.16. The summed E-state index contributed by atoms with van der Waals surface area (Å²) in [6.45, 7) is 3.24. The van der Waals surface area contributed by atoms with Crippen molar-refractivity contribution in [3.8, 4) is 0 Å². The van der Waals surface area contributed by atoms with E-state index in [0.717, 1.165) is 36.9 Å². The van der Waals surface area contributed by atoms with E-state index in [1.165, 1.54) is 12.1 Å². The lowest BCUT2D eigenvalue weighted by molar-refractivity contribution is -0.122. The predicted molar refractivity (Wildman–Crippen MR) is 68.6 cm³/mol. The largest absolute Gasteiger partial charge is 0.355 e. The molecular weight excluding hydrogens is 231 g/mol. The number of carbonyl (C=O) groups is 1. The Bertz CT molecular complexity index is 434. The Morgan fingerprint density at radius 1 is 1.44 bits per heavy atom. The SMILES string of the molecule is Cc1ccc(F)cc1CN[C@@H]1CCCCNC1=O. The molecule has 2 rings (SSSR count). The summed E-state index contributed by atoms with van der Waals surface area (Å²) in [5.74, 6) is -0.177. The maximum Gasteiger partial charge on any atom is 0.237 e. The summed E-state index contributed by atoms with van der Waals surface area (Å²) < 4.78 is 13.1. The van der Waals surface area contributed by atoms with Crippen molar-refractivity contribution in [1.29, 1.82) is 0 Å². The van der Waals surface area contributed by atoms with Crippen LogP contribution in [0.25, 0.3) is 0 Å². The van der Waals surface area contributed by atoms with Gasteiger partial charge in [0, 0.05) is 13.1 Å². The minimum Gasteiger partial charge on any atom is -0.355 e. The molecule has 1 heterocycles. The van der Waals surface area contributed by atoms with E-state index < -0.39 is 0 Å². The highest BCUT2D eigenvalue weighted by Crippen LogP contribution is 2.11. The third-order valence-electron chi connectivity index (χ3n) is 3.39. The Morgan fingerprint density at radius 2 is 2.28 bits per heavy atom. The Morgan fingerprint density at radius 3 is 3.11 bits per heavy atom. The molecule has 2 N–H and O–H groups in total. The first-order valence-electron chi connectivity index (χ1n) is 6.43. The molecule has 0 saturated carbocycles. The van der Waals surface area contributed by atoms with E-state index in [4.69, 9.17) is 0 Å². The van der Waals surface area contributed by atoms with Crippen LogP contribution in [0, 0.1) is 12.7 Å². The lowest BCUT2D eigenvalue weighted by Crippen LogP contribution is -2.42. The van der Waals surface area contributed by atoms with E-state index in [1.807, 2.05) is 6.92 Å². The van der Waals surface area contributed by atoms with Gasteiger partial charge in [0.05, 0.1) is 6.04 Å². The van der Waals surface area contributed by atoms with Gasteiger partial charge in [-0.15, -0.1) is 0 Å². The van der Waals surface area contributed by atoms with E-state index in [9.17, 15) is 9.18 Å². The maximum atomic E-state index is 13.1. The average molecular weight is 250 g/mol. The van der Waals surface area contributed by atoms with E-state index in [2.05, 4.69) is 10.6 Å². The maximum absolute atomic E-state index is 13.1. The zero-order valence-electron chi connectivity index (χ0n) is 10.6. The van der Waals surface area contributed by atoms with Crippen LogP contribution >= 0.6 is 0 Å². The number of hydrogen-bond acceptors (Lipinski definition) is 2. The highest BCUT2D eigenvalue weighted by atomic mass is 19.1. The van der Waals surface area contributed by atoms with Crippen LogP contribution in [0.15, 0.2) is 18.2 Å². The van der Waals surface area contributed by atoms with Gasteiger partial charge in [-0.2, -0.15) is 0 Å². The molecule has 0 unspecified atom stereocenters. The smallest absolute Gasteiger partial charge is 0.237 e. The molecule has 3 nitrogen and oxygen atoms in total. The van der Waals surface area contributed by atoms with Gasteiger partial charge in [0.15, 0.2) is 0 Å². The molecule has 0 spiro atoms. The number of halogens is 1. The standard InChI is InChI=1S/C14H19FN2O/c1-10-5-6-12(15)8-11(10)9-17-13-4-2-3-7-16-14(13)18/h5-6,8,13,17H,2-4,7,9H2,1H3,(H,16,18)/t13-/m1/s1. The molecule has 1 aliphatic rings. The van der Waals surface area contributed by atoms with Gasteiger partial charge in [0.1, 0.15) is 5.82 Å². The summed E-state index contributed by atoms with van der Waals surface area (Å²) in [6, 6.07) is 4.59. The van der Waals surface area contributed by atoms with Crippen LogP contribution in [0.2, 0.25) is 0 Å². The molecule has 0 aliphatic carbocycles. The van der Waals surface area contributed by atoms with Gasteiger partial charge in [-0.05, 0) is 49.4 Å². The monoisotopic (exact) mass is 250 g/mol. The summed E-state index contributed by atoms with van der Waals surface area (Å²) in [7, 11) is 0. The average Bonchev–Trinajstić information content (AvgIpc) is 2.55. The van der Waals surface area contributed by atoms with Crippen molar-refractivity contribution >= 4 is 5.91 Å². The molecule has 0 radical (unpaired) electrons. The first-order chi connectivity index (χ1) is 8.66. The molecule has 1 atom stereocenters. The fraction of sp³-hybridized carbons (Fsp3) is 0.500. The van der Waals surface area contributed by atoms with Crippen LogP contribution in [-0.4, -0.2) is 18.5 Å². The minimum atomic E-state index is -0.234. The zero-order chi connectivity index (χ0) is 13.0. The van der Waals surface area contributed by atoms with Crippen molar-refractivity contribution in [3.05, 3.63) is 35.1 Å². The molecule has 4 heteroatoms. The highest BCUT2D eigenvalue weighted by Gasteiger charge is 2.19. The molecule has 98 valence electrons. The second-order valence-corrected chi connectivity index (χ2v) is 4.79. The summed E-state index contributed by atoms with van der Waals surface area (Å²) in [5.41, 5.74) is 1.95. The number of benzene rings is 1. The Labute approximate surface area is 107 Å². The van der Waals surface area contributed by atoms with Crippen LogP contribution in [0.3, 0.4) is 0 Å². The molecule has 1 saturated heterocycles. The molecule has 1 aromatic rings. The normalized spacial score (nSPS) is 20.3. The van der Waals surface area contributed by atoms with Crippen molar-refractivity contribution in [2.75, 3.05) is 6.54 Å². The third-order valence-corrected chi connectivity index (χ3v) is 3.39. The van der Waals surface area contributed by atoms with Gasteiger partial charge in [0.25, 0.3) is 0 Å². The molecule has 1 fully saturated rings. The highest BCUT2D eigenvalue weighted by molar-refractivity contribution is 5.81. The Kier molecular flexibility index (Phi) is 4.31. The predicted octanol–water partition coefficient (Wildman–Crippen LogP) is 1.89. The van der Waals surface area contributed by atoms with Gasteiger partial charge in [-0.1, -0.05) is 6.07 Å². The van der Waals surface area contributed by atoms with E-state index in [0.29, 0.717) is 6.54 Å². The third kappa shape index (κ3) is 3.29. The number of rotatable bonds is 3. The molecule has 1 aliphatic heterocycles. The molecule has 0 aromatic heterocycles. The molecule has 18 heavy (non-hydrogen) atoms. The lowest BCUT2D eigenvalue weighted by atomic mass is 10.1. The Balaban J connectivity index is 1.97. The first kappa shape index (κ1) is 13.0. The number of nitrogens with one attached hydrogen (secondary N) is 2. The summed E-state index contributed by atoms with van der Waals surface area (Å²) in [6.07, 6.45) is 2.92. The van der Waals surface area contributed by atoms with Crippen LogP contribution in [0.4, 0.5) is 4.39 Å². The van der Waals surface area contributed by atoms with Crippen LogP contribution in [0.5, 0.6) is 0 Å². The van der Waals surface area contributed by atoms with Crippen LogP contribution < -0.4 is 10.6 Å². The molecule has 1 amide bonds.